The number of hydrogen-bond acceptors (Lipinski definition) is 3. The number of aliphatic hydroxyl groups excluding tert-OH is 1. The van der Waals surface area contributed by atoms with Crippen molar-refractivity contribution in [2.75, 3.05) is 38.1 Å². The van der Waals surface area contributed by atoms with Gasteiger partial charge in [-0.2, -0.15) is 13.2 Å². The minimum absolute atomic E-state index is 0.166. The molecule has 0 spiro atoms. The number of hydrogen-bond donors (Lipinski definition) is 1. The second kappa shape index (κ2) is 6.66. The van der Waals surface area contributed by atoms with Gasteiger partial charge in [-0.1, -0.05) is 6.07 Å². The highest BCUT2D eigenvalue weighted by atomic mass is 19.4. The van der Waals surface area contributed by atoms with E-state index >= 15 is 0 Å². The van der Waals surface area contributed by atoms with Crippen LogP contribution in [0.3, 0.4) is 0 Å². The highest BCUT2D eigenvalue weighted by Crippen LogP contribution is 2.37. The van der Waals surface area contributed by atoms with Gasteiger partial charge in [-0.15, -0.1) is 0 Å². The molecule has 1 aliphatic rings. The maximum atomic E-state index is 13.1. The molecule has 0 bridgehead atoms. The molecule has 2 rings (SSSR count). The number of likely N-dealkylation sites (tertiary alicyclic amines) is 1. The van der Waals surface area contributed by atoms with Gasteiger partial charge in [0.1, 0.15) is 0 Å². The van der Waals surface area contributed by atoms with E-state index in [1.165, 1.54) is 25.0 Å². The molecule has 21 heavy (non-hydrogen) atoms. The van der Waals surface area contributed by atoms with Crippen molar-refractivity contribution in [1.29, 1.82) is 0 Å². The Kier molecular flexibility index (Phi) is 5.11. The first-order valence-corrected chi connectivity index (χ1v) is 7.16. The standard InChI is InChI=1S/C15H21F3N2O/c1-19(8-9-20-6-2-3-7-20)14-5-4-12(11-21)10-13(14)15(16,17)18/h4-5,10,21H,2-3,6-9,11H2,1H3. The van der Waals surface area contributed by atoms with E-state index < -0.39 is 11.7 Å². The van der Waals surface area contributed by atoms with Gasteiger partial charge < -0.3 is 14.9 Å². The fourth-order valence-electron chi connectivity index (χ4n) is 2.66. The van der Waals surface area contributed by atoms with E-state index in [4.69, 9.17) is 5.11 Å². The highest BCUT2D eigenvalue weighted by molar-refractivity contribution is 5.56. The molecular formula is C15H21F3N2O. The van der Waals surface area contributed by atoms with E-state index in [-0.39, 0.29) is 17.9 Å². The molecule has 1 heterocycles. The first kappa shape index (κ1) is 16.1. The molecule has 1 aromatic rings. The van der Waals surface area contributed by atoms with Crippen LogP contribution in [0.25, 0.3) is 0 Å². The van der Waals surface area contributed by atoms with Crippen LogP contribution < -0.4 is 4.90 Å². The van der Waals surface area contributed by atoms with Crippen molar-refractivity contribution >= 4 is 5.69 Å². The van der Waals surface area contributed by atoms with Crippen molar-refractivity contribution in [2.24, 2.45) is 0 Å². The van der Waals surface area contributed by atoms with Gasteiger partial charge in [0.15, 0.2) is 0 Å². The number of halogens is 3. The fourth-order valence-corrected chi connectivity index (χ4v) is 2.66. The van der Waals surface area contributed by atoms with Gasteiger partial charge in [0.25, 0.3) is 0 Å². The van der Waals surface area contributed by atoms with E-state index in [2.05, 4.69) is 4.90 Å². The third-order valence-electron chi connectivity index (χ3n) is 3.91. The predicted octanol–water partition coefficient (Wildman–Crippen LogP) is 2.73. The molecule has 0 radical (unpaired) electrons. The molecule has 6 heteroatoms. The molecule has 118 valence electrons. The van der Waals surface area contributed by atoms with Crippen LogP contribution in [0, 0.1) is 0 Å². The summed E-state index contributed by atoms with van der Waals surface area (Å²) in [5.74, 6) is 0. The molecule has 0 aliphatic carbocycles. The summed E-state index contributed by atoms with van der Waals surface area (Å²) in [7, 11) is 1.68. The number of anilines is 1. The van der Waals surface area contributed by atoms with Crippen molar-refractivity contribution < 1.29 is 18.3 Å². The Morgan fingerprint density at radius 3 is 2.48 bits per heavy atom. The molecule has 0 unspecified atom stereocenters. The summed E-state index contributed by atoms with van der Waals surface area (Å²) in [6.07, 6.45) is -2.08. The molecule has 0 aromatic heterocycles. The van der Waals surface area contributed by atoms with Crippen molar-refractivity contribution in [1.82, 2.24) is 4.90 Å². The third-order valence-corrected chi connectivity index (χ3v) is 3.91. The van der Waals surface area contributed by atoms with Gasteiger partial charge in [0.2, 0.25) is 0 Å². The van der Waals surface area contributed by atoms with Crippen LogP contribution in [0.5, 0.6) is 0 Å². The molecular weight excluding hydrogens is 281 g/mol. The van der Waals surface area contributed by atoms with Crippen LogP contribution in [0.15, 0.2) is 18.2 Å². The number of nitrogens with zero attached hydrogens (tertiary/aromatic N) is 2. The molecule has 0 saturated carbocycles. The van der Waals surface area contributed by atoms with E-state index in [1.54, 1.807) is 11.9 Å². The average molecular weight is 302 g/mol. The summed E-state index contributed by atoms with van der Waals surface area (Å²) in [6, 6.07) is 4.01. The number of likely N-dealkylation sites (N-methyl/N-ethyl adjacent to an activating group) is 1. The number of aliphatic hydroxyl groups is 1. The molecule has 1 aliphatic heterocycles. The number of benzene rings is 1. The molecule has 3 nitrogen and oxygen atoms in total. The maximum absolute atomic E-state index is 13.1. The van der Waals surface area contributed by atoms with Gasteiger partial charge in [-0.25, -0.2) is 0 Å². The van der Waals surface area contributed by atoms with Crippen molar-refractivity contribution in [2.45, 2.75) is 25.6 Å². The number of alkyl halides is 3. The zero-order chi connectivity index (χ0) is 15.5. The molecule has 1 fully saturated rings. The van der Waals surface area contributed by atoms with E-state index in [0.29, 0.717) is 6.54 Å². The van der Waals surface area contributed by atoms with Crippen LogP contribution in [0.2, 0.25) is 0 Å². The summed E-state index contributed by atoms with van der Waals surface area (Å²) in [6.45, 7) is 3.00. The Labute approximate surface area is 123 Å². The largest absolute Gasteiger partial charge is 0.418 e. The summed E-state index contributed by atoms with van der Waals surface area (Å²) in [5, 5.41) is 9.02. The fraction of sp³-hybridized carbons (Fsp3) is 0.600. The number of rotatable bonds is 5. The lowest BCUT2D eigenvalue weighted by Gasteiger charge is -2.26. The predicted molar refractivity (Wildman–Crippen MR) is 76.3 cm³/mol. The monoisotopic (exact) mass is 302 g/mol. The zero-order valence-corrected chi connectivity index (χ0v) is 12.2. The van der Waals surface area contributed by atoms with Crippen LogP contribution in [0.1, 0.15) is 24.0 Å². The summed E-state index contributed by atoms with van der Waals surface area (Å²) in [5.41, 5.74) is -0.240. The smallest absolute Gasteiger partial charge is 0.392 e. The summed E-state index contributed by atoms with van der Waals surface area (Å²) < 4.78 is 39.4. The van der Waals surface area contributed by atoms with Crippen molar-refractivity contribution in [3.8, 4) is 0 Å². The van der Waals surface area contributed by atoms with E-state index in [0.717, 1.165) is 25.7 Å². The van der Waals surface area contributed by atoms with Crippen LogP contribution in [-0.2, 0) is 12.8 Å². The lowest BCUT2D eigenvalue weighted by atomic mass is 10.1. The Balaban J connectivity index is 2.13. The van der Waals surface area contributed by atoms with Crippen molar-refractivity contribution in [3.63, 3.8) is 0 Å². The second-order valence-corrected chi connectivity index (χ2v) is 5.48. The minimum atomic E-state index is -4.41. The SMILES string of the molecule is CN(CCN1CCCC1)c1ccc(CO)cc1C(F)(F)F. The summed E-state index contributed by atoms with van der Waals surface area (Å²) >= 11 is 0. The molecule has 1 saturated heterocycles. The van der Waals surface area contributed by atoms with Gasteiger partial charge in [0.05, 0.1) is 12.2 Å². The van der Waals surface area contributed by atoms with Crippen LogP contribution >= 0.6 is 0 Å². The minimum Gasteiger partial charge on any atom is -0.392 e. The molecule has 0 atom stereocenters. The normalized spacial score (nSPS) is 16.4. The van der Waals surface area contributed by atoms with Gasteiger partial charge >= 0.3 is 6.18 Å². The van der Waals surface area contributed by atoms with Gasteiger partial charge in [0, 0.05) is 25.8 Å². The van der Waals surface area contributed by atoms with Crippen molar-refractivity contribution in [3.05, 3.63) is 29.3 Å². The first-order chi connectivity index (χ1) is 9.91. The lowest BCUT2D eigenvalue weighted by Crippen LogP contribution is -2.32. The average Bonchev–Trinajstić information content (AvgIpc) is 2.96. The first-order valence-electron chi connectivity index (χ1n) is 7.16. The molecule has 0 amide bonds. The van der Waals surface area contributed by atoms with Crippen LogP contribution in [0.4, 0.5) is 18.9 Å². The van der Waals surface area contributed by atoms with E-state index in [1.807, 2.05) is 0 Å². The Morgan fingerprint density at radius 1 is 1.24 bits per heavy atom. The Hall–Kier alpha value is -1.27. The zero-order valence-electron chi connectivity index (χ0n) is 12.2. The Morgan fingerprint density at radius 2 is 1.90 bits per heavy atom. The van der Waals surface area contributed by atoms with Crippen LogP contribution in [-0.4, -0.2) is 43.2 Å². The molecule has 1 N–H and O–H groups in total. The Bertz CT molecular complexity index is 470. The topological polar surface area (TPSA) is 26.7 Å². The second-order valence-electron chi connectivity index (χ2n) is 5.48. The third kappa shape index (κ3) is 4.11. The maximum Gasteiger partial charge on any atom is 0.418 e. The molecule has 1 aromatic carbocycles. The highest BCUT2D eigenvalue weighted by Gasteiger charge is 2.34. The summed E-state index contributed by atoms with van der Waals surface area (Å²) in [4.78, 5) is 3.91. The van der Waals surface area contributed by atoms with Gasteiger partial charge in [-0.05, 0) is 43.6 Å². The quantitative estimate of drug-likeness (QED) is 0.906. The van der Waals surface area contributed by atoms with E-state index in [9.17, 15) is 13.2 Å². The van der Waals surface area contributed by atoms with Gasteiger partial charge in [-0.3, -0.25) is 0 Å². The lowest BCUT2D eigenvalue weighted by molar-refractivity contribution is -0.137.